The SMILES string of the molecule is CCCC(=O)N(C)C(=O)OCC. The number of carbonyl (C=O) groups is 2. The highest BCUT2D eigenvalue weighted by Crippen LogP contribution is 1.97. The van der Waals surface area contributed by atoms with E-state index in [1.165, 1.54) is 7.05 Å². The van der Waals surface area contributed by atoms with Gasteiger partial charge < -0.3 is 4.74 Å². The van der Waals surface area contributed by atoms with E-state index in [2.05, 4.69) is 4.74 Å². The molecular formula is C8H15NO3. The van der Waals surface area contributed by atoms with Crippen molar-refractivity contribution in [1.82, 2.24) is 4.90 Å². The maximum atomic E-state index is 11.1. The van der Waals surface area contributed by atoms with Gasteiger partial charge in [0.2, 0.25) is 5.91 Å². The van der Waals surface area contributed by atoms with Crippen LogP contribution in [0.4, 0.5) is 4.79 Å². The number of amides is 2. The zero-order chi connectivity index (χ0) is 9.56. The molecule has 0 aromatic rings. The molecule has 0 aliphatic carbocycles. The van der Waals surface area contributed by atoms with E-state index in [4.69, 9.17) is 0 Å². The summed E-state index contributed by atoms with van der Waals surface area (Å²) >= 11 is 0. The normalized spacial score (nSPS) is 9.25. The van der Waals surface area contributed by atoms with Gasteiger partial charge in [0.25, 0.3) is 0 Å². The summed E-state index contributed by atoms with van der Waals surface area (Å²) in [7, 11) is 1.43. The van der Waals surface area contributed by atoms with Crippen LogP contribution in [0.5, 0.6) is 0 Å². The fourth-order valence-corrected chi connectivity index (χ4v) is 0.704. The molecule has 2 amide bonds. The molecule has 0 rings (SSSR count). The number of rotatable bonds is 3. The van der Waals surface area contributed by atoms with Gasteiger partial charge in [0.15, 0.2) is 0 Å². The molecule has 0 N–H and O–H groups in total. The lowest BCUT2D eigenvalue weighted by molar-refractivity contribution is -0.128. The van der Waals surface area contributed by atoms with Crippen LogP contribution in [0.15, 0.2) is 0 Å². The molecule has 0 radical (unpaired) electrons. The van der Waals surface area contributed by atoms with Gasteiger partial charge in [0.1, 0.15) is 0 Å². The Balaban J connectivity index is 3.91. The number of carbonyl (C=O) groups excluding carboxylic acids is 2. The average Bonchev–Trinajstić information content (AvgIpc) is 2.04. The van der Waals surface area contributed by atoms with Crippen LogP contribution >= 0.6 is 0 Å². The first-order valence-corrected chi connectivity index (χ1v) is 4.06. The molecule has 0 unspecified atom stereocenters. The predicted molar refractivity (Wildman–Crippen MR) is 44.7 cm³/mol. The highest BCUT2D eigenvalue weighted by Gasteiger charge is 2.15. The van der Waals surface area contributed by atoms with Crippen molar-refractivity contribution < 1.29 is 14.3 Å². The van der Waals surface area contributed by atoms with E-state index in [0.717, 1.165) is 11.3 Å². The average molecular weight is 173 g/mol. The van der Waals surface area contributed by atoms with Crippen molar-refractivity contribution in [1.29, 1.82) is 0 Å². The quantitative estimate of drug-likeness (QED) is 0.648. The van der Waals surface area contributed by atoms with Gasteiger partial charge in [-0.3, -0.25) is 9.69 Å². The second kappa shape index (κ2) is 5.57. The van der Waals surface area contributed by atoms with E-state index in [9.17, 15) is 9.59 Å². The summed E-state index contributed by atoms with van der Waals surface area (Å²) in [6, 6.07) is 0. The molecule has 0 aliphatic rings. The van der Waals surface area contributed by atoms with Gasteiger partial charge in [0, 0.05) is 13.5 Å². The maximum Gasteiger partial charge on any atom is 0.416 e. The minimum absolute atomic E-state index is 0.198. The Kier molecular flexibility index (Phi) is 5.08. The summed E-state index contributed by atoms with van der Waals surface area (Å²) in [6.07, 6.45) is 0.550. The van der Waals surface area contributed by atoms with Crippen LogP contribution in [-0.2, 0) is 9.53 Å². The van der Waals surface area contributed by atoms with Gasteiger partial charge in [0.05, 0.1) is 6.61 Å². The Labute approximate surface area is 72.5 Å². The van der Waals surface area contributed by atoms with E-state index in [1.54, 1.807) is 6.92 Å². The predicted octanol–water partition coefficient (Wildman–Crippen LogP) is 1.40. The standard InChI is InChI=1S/C8H15NO3/c1-4-6-7(10)9(3)8(11)12-5-2/h4-6H2,1-3H3. The number of imide groups is 1. The van der Waals surface area contributed by atoms with Crippen molar-refractivity contribution in [2.75, 3.05) is 13.7 Å². The Morgan fingerprint density at radius 3 is 2.33 bits per heavy atom. The Bertz CT molecular complexity index is 150. The summed E-state index contributed by atoms with van der Waals surface area (Å²) in [5.74, 6) is -0.198. The number of ether oxygens (including phenoxy) is 1. The fourth-order valence-electron chi connectivity index (χ4n) is 0.704. The minimum atomic E-state index is -0.573. The Hall–Kier alpha value is -1.06. The first-order valence-electron chi connectivity index (χ1n) is 4.06. The van der Waals surface area contributed by atoms with Crippen molar-refractivity contribution >= 4 is 12.0 Å². The smallest absolute Gasteiger partial charge is 0.416 e. The molecule has 70 valence electrons. The van der Waals surface area contributed by atoms with E-state index < -0.39 is 6.09 Å². The second-order valence-corrected chi connectivity index (χ2v) is 2.40. The molecule has 0 fully saturated rings. The van der Waals surface area contributed by atoms with Gasteiger partial charge in [-0.1, -0.05) is 6.92 Å². The summed E-state index contributed by atoms with van der Waals surface area (Å²) in [4.78, 5) is 23.0. The molecule has 0 aromatic carbocycles. The monoisotopic (exact) mass is 173 g/mol. The lowest BCUT2D eigenvalue weighted by Crippen LogP contribution is -2.33. The lowest BCUT2D eigenvalue weighted by Gasteiger charge is -2.13. The molecule has 0 bridgehead atoms. The topological polar surface area (TPSA) is 46.6 Å². The third kappa shape index (κ3) is 3.37. The van der Waals surface area contributed by atoms with E-state index >= 15 is 0 Å². The molecule has 0 saturated heterocycles. The van der Waals surface area contributed by atoms with Crippen molar-refractivity contribution in [3.8, 4) is 0 Å². The van der Waals surface area contributed by atoms with Crippen LogP contribution in [0.2, 0.25) is 0 Å². The fraction of sp³-hybridized carbons (Fsp3) is 0.750. The molecule has 4 nitrogen and oxygen atoms in total. The summed E-state index contributed by atoms with van der Waals surface area (Å²) in [5, 5.41) is 0. The number of hydrogen-bond donors (Lipinski definition) is 0. The van der Waals surface area contributed by atoms with E-state index in [0.29, 0.717) is 13.0 Å². The number of nitrogens with zero attached hydrogens (tertiary/aromatic N) is 1. The van der Waals surface area contributed by atoms with Crippen molar-refractivity contribution in [2.45, 2.75) is 26.7 Å². The van der Waals surface area contributed by atoms with E-state index in [1.807, 2.05) is 6.92 Å². The lowest BCUT2D eigenvalue weighted by atomic mass is 10.3. The molecule has 0 aliphatic heterocycles. The van der Waals surface area contributed by atoms with Crippen LogP contribution in [-0.4, -0.2) is 30.6 Å². The van der Waals surface area contributed by atoms with Gasteiger partial charge in [-0.05, 0) is 13.3 Å². The Morgan fingerprint density at radius 1 is 1.33 bits per heavy atom. The molecular weight excluding hydrogens is 158 g/mol. The zero-order valence-corrected chi connectivity index (χ0v) is 7.79. The molecule has 4 heteroatoms. The largest absolute Gasteiger partial charge is 0.449 e. The maximum absolute atomic E-state index is 11.1. The Morgan fingerprint density at radius 2 is 1.92 bits per heavy atom. The van der Waals surface area contributed by atoms with Crippen LogP contribution < -0.4 is 0 Å². The molecule has 0 saturated carbocycles. The second-order valence-electron chi connectivity index (χ2n) is 2.40. The molecule has 0 heterocycles. The highest BCUT2D eigenvalue weighted by atomic mass is 16.6. The van der Waals surface area contributed by atoms with Gasteiger partial charge >= 0.3 is 6.09 Å². The number of hydrogen-bond acceptors (Lipinski definition) is 3. The van der Waals surface area contributed by atoms with Crippen molar-refractivity contribution in [3.05, 3.63) is 0 Å². The third-order valence-corrected chi connectivity index (χ3v) is 1.38. The molecule has 0 atom stereocenters. The molecule has 0 spiro atoms. The van der Waals surface area contributed by atoms with Crippen LogP contribution in [0.25, 0.3) is 0 Å². The van der Waals surface area contributed by atoms with Crippen LogP contribution in [0.1, 0.15) is 26.7 Å². The van der Waals surface area contributed by atoms with Gasteiger partial charge in [-0.2, -0.15) is 0 Å². The van der Waals surface area contributed by atoms with Crippen LogP contribution in [0, 0.1) is 0 Å². The highest BCUT2D eigenvalue weighted by molar-refractivity contribution is 5.91. The van der Waals surface area contributed by atoms with Gasteiger partial charge in [-0.15, -0.1) is 0 Å². The van der Waals surface area contributed by atoms with E-state index in [-0.39, 0.29) is 5.91 Å². The van der Waals surface area contributed by atoms with Gasteiger partial charge in [-0.25, -0.2) is 4.79 Å². The van der Waals surface area contributed by atoms with Crippen molar-refractivity contribution in [2.24, 2.45) is 0 Å². The zero-order valence-electron chi connectivity index (χ0n) is 7.79. The third-order valence-electron chi connectivity index (χ3n) is 1.38. The van der Waals surface area contributed by atoms with Crippen molar-refractivity contribution in [3.63, 3.8) is 0 Å². The first-order chi connectivity index (χ1) is 5.63. The minimum Gasteiger partial charge on any atom is -0.449 e. The summed E-state index contributed by atoms with van der Waals surface area (Å²) < 4.78 is 4.64. The molecule has 0 aromatic heterocycles. The summed E-state index contributed by atoms with van der Waals surface area (Å²) in [5.41, 5.74) is 0. The first kappa shape index (κ1) is 10.9. The molecule has 12 heavy (non-hydrogen) atoms. The van der Waals surface area contributed by atoms with Crippen LogP contribution in [0.3, 0.4) is 0 Å². The summed E-state index contributed by atoms with van der Waals surface area (Å²) in [6.45, 7) is 3.88.